The van der Waals surface area contributed by atoms with Gasteiger partial charge in [0, 0.05) is 16.1 Å². The number of ether oxygens (including phenoxy) is 1. The van der Waals surface area contributed by atoms with Gasteiger partial charge in [-0.2, -0.15) is 0 Å². The molecule has 0 aromatic heterocycles. The Balaban J connectivity index is 2.94. The summed E-state index contributed by atoms with van der Waals surface area (Å²) < 4.78 is 7.00. The number of halogens is 1. The van der Waals surface area contributed by atoms with Gasteiger partial charge in [-0.25, -0.2) is 0 Å². The Labute approximate surface area is 106 Å². The van der Waals surface area contributed by atoms with Crippen LogP contribution in [0.3, 0.4) is 0 Å². The number of benzene rings is 1. The van der Waals surface area contributed by atoms with Crippen LogP contribution in [-0.2, 0) is 0 Å². The van der Waals surface area contributed by atoms with Crippen molar-refractivity contribution >= 4 is 15.9 Å². The van der Waals surface area contributed by atoms with Crippen LogP contribution in [0.5, 0.6) is 5.75 Å². The average molecular weight is 286 g/mol. The zero-order valence-corrected chi connectivity index (χ0v) is 11.8. The quantitative estimate of drug-likeness (QED) is 0.886. The molecule has 0 aliphatic rings. The third-order valence-electron chi connectivity index (χ3n) is 2.67. The smallest absolute Gasteiger partial charge is 0.124 e. The third kappa shape index (κ3) is 3.49. The first-order chi connectivity index (χ1) is 7.58. The van der Waals surface area contributed by atoms with Gasteiger partial charge in [-0.1, -0.05) is 29.8 Å². The van der Waals surface area contributed by atoms with Crippen LogP contribution >= 0.6 is 15.9 Å². The van der Waals surface area contributed by atoms with Crippen LogP contribution in [0.25, 0.3) is 0 Å². The highest BCUT2D eigenvalue weighted by Crippen LogP contribution is 2.28. The van der Waals surface area contributed by atoms with Crippen LogP contribution in [0.15, 0.2) is 22.7 Å². The van der Waals surface area contributed by atoms with E-state index in [1.165, 1.54) is 0 Å². The van der Waals surface area contributed by atoms with Gasteiger partial charge in [0.15, 0.2) is 0 Å². The topological polar surface area (TPSA) is 35.2 Å². The van der Waals surface area contributed by atoms with Crippen LogP contribution in [0.2, 0.25) is 0 Å². The van der Waals surface area contributed by atoms with E-state index in [1.807, 2.05) is 25.1 Å². The summed E-state index contributed by atoms with van der Waals surface area (Å²) in [5, 5.41) is 0. The number of nitrogens with two attached hydrogens (primary N) is 1. The second-order valence-corrected chi connectivity index (χ2v) is 4.94. The maximum Gasteiger partial charge on any atom is 0.124 e. The Bertz CT molecular complexity index is 335. The van der Waals surface area contributed by atoms with Gasteiger partial charge in [0.1, 0.15) is 5.75 Å². The van der Waals surface area contributed by atoms with E-state index in [4.69, 9.17) is 10.5 Å². The highest BCUT2D eigenvalue weighted by Gasteiger charge is 2.12. The van der Waals surface area contributed by atoms with Gasteiger partial charge >= 0.3 is 0 Å². The summed E-state index contributed by atoms with van der Waals surface area (Å²) in [7, 11) is 0. The molecule has 0 saturated carbocycles. The van der Waals surface area contributed by atoms with Gasteiger partial charge in [-0.3, -0.25) is 0 Å². The zero-order chi connectivity index (χ0) is 12.1. The van der Waals surface area contributed by atoms with Crippen molar-refractivity contribution in [2.75, 3.05) is 0 Å². The van der Waals surface area contributed by atoms with Gasteiger partial charge in [0.2, 0.25) is 0 Å². The fourth-order valence-corrected chi connectivity index (χ4v) is 2.00. The van der Waals surface area contributed by atoms with E-state index in [0.717, 1.165) is 28.6 Å². The lowest BCUT2D eigenvalue weighted by molar-refractivity contribution is 0.190. The molecule has 0 spiro atoms. The standard InChI is InChI=1S/C13H20BrNO/c1-4-11(5-2)16-13-7-6-10(14)8-12(13)9(3)15/h6-9,11H,4-5,15H2,1-3H3/t9-/m1/s1. The van der Waals surface area contributed by atoms with E-state index in [9.17, 15) is 0 Å². The third-order valence-corrected chi connectivity index (χ3v) is 3.16. The molecule has 2 nitrogen and oxygen atoms in total. The minimum Gasteiger partial charge on any atom is -0.490 e. The van der Waals surface area contributed by atoms with Crippen LogP contribution in [0, 0.1) is 0 Å². The van der Waals surface area contributed by atoms with E-state index in [0.29, 0.717) is 0 Å². The molecule has 0 bridgehead atoms. The number of rotatable bonds is 5. The first kappa shape index (κ1) is 13.5. The first-order valence-electron chi connectivity index (χ1n) is 5.80. The van der Waals surface area contributed by atoms with E-state index >= 15 is 0 Å². The molecule has 1 rings (SSSR count). The molecule has 0 fully saturated rings. The van der Waals surface area contributed by atoms with Crippen molar-refractivity contribution in [2.45, 2.75) is 45.8 Å². The maximum absolute atomic E-state index is 5.96. The highest BCUT2D eigenvalue weighted by atomic mass is 79.9. The molecular weight excluding hydrogens is 266 g/mol. The highest BCUT2D eigenvalue weighted by molar-refractivity contribution is 9.10. The Kier molecular flexibility index (Phi) is 5.29. The molecule has 0 unspecified atom stereocenters. The van der Waals surface area contributed by atoms with Crippen LogP contribution < -0.4 is 10.5 Å². The van der Waals surface area contributed by atoms with Gasteiger partial charge in [0.25, 0.3) is 0 Å². The van der Waals surface area contributed by atoms with E-state index in [1.54, 1.807) is 0 Å². The molecule has 1 atom stereocenters. The maximum atomic E-state index is 5.96. The van der Waals surface area contributed by atoms with Crippen LogP contribution in [-0.4, -0.2) is 6.10 Å². The molecule has 0 radical (unpaired) electrons. The molecule has 1 aromatic carbocycles. The van der Waals surface area contributed by atoms with Crippen molar-refractivity contribution in [2.24, 2.45) is 5.73 Å². The Morgan fingerprint density at radius 1 is 1.31 bits per heavy atom. The summed E-state index contributed by atoms with van der Waals surface area (Å²) in [6.45, 7) is 6.25. The monoisotopic (exact) mass is 285 g/mol. The molecule has 16 heavy (non-hydrogen) atoms. The van der Waals surface area contributed by atoms with Crippen LogP contribution in [0.4, 0.5) is 0 Å². The second kappa shape index (κ2) is 6.26. The fourth-order valence-electron chi connectivity index (χ4n) is 1.62. The normalized spacial score (nSPS) is 12.9. The number of hydrogen-bond acceptors (Lipinski definition) is 2. The lowest BCUT2D eigenvalue weighted by Gasteiger charge is -2.20. The van der Waals surface area contributed by atoms with Gasteiger partial charge < -0.3 is 10.5 Å². The lowest BCUT2D eigenvalue weighted by atomic mass is 10.1. The summed E-state index contributed by atoms with van der Waals surface area (Å²) in [6, 6.07) is 5.99. The van der Waals surface area contributed by atoms with E-state index in [-0.39, 0.29) is 12.1 Å². The van der Waals surface area contributed by atoms with Gasteiger partial charge in [0.05, 0.1) is 6.10 Å². The van der Waals surface area contributed by atoms with Crippen molar-refractivity contribution in [3.05, 3.63) is 28.2 Å². The average Bonchev–Trinajstić information content (AvgIpc) is 2.27. The lowest BCUT2D eigenvalue weighted by Crippen LogP contribution is -2.16. The molecular formula is C13H20BrNO. The summed E-state index contributed by atoms with van der Waals surface area (Å²) in [4.78, 5) is 0. The molecule has 0 saturated heterocycles. The Hall–Kier alpha value is -0.540. The number of hydrogen-bond donors (Lipinski definition) is 1. The van der Waals surface area contributed by atoms with Crippen molar-refractivity contribution in [1.29, 1.82) is 0 Å². The predicted molar refractivity (Wildman–Crippen MR) is 71.7 cm³/mol. The van der Waals surface area contributed by atoms with Crippen molar-refractivity contribution < 1.29 is 4.74 Å². The minimum absolute atomic E-state index is 0.0122. The predicted octanol–water partition coefficient (Wildman–Crippen LogP) is 4.04. The molecule has 90 valence electrons. The molecule has 0 heterocycles. The van der Waals surface area contributed by atoms with E-state index < -0.39 is 0 Å². The Morgan fingerprint density at radius 3 is 2.44 bits per heavy atom. The molecule has 2 N–H and O–H groups in total. The largest absolute Gasteiger partial charge is 0.490 e. The second-order valence-electron chi connectivity index (χ2n) is 4.03. The van der Waals surface area contributed by atoms with Gasteiger partial charge in [-0.15, -0.1) is 0 Å². The van der Waals surface area contributed by atoms with Crippen molar-refractivity contribution in [3.63, 3.8) is 0 Å². The fraction of sp³-hybridized carbons (Fsp3) is 0.538. The minimum atomic E-state index is -0.0122. The summed E-state index contributed by atoms with van der Waals surface area (Å²) >= 11 is 3.45. The summed E-state index contributed by atoms with van der Waals surface area (Å²) in [5.74, 6) is 0.909. The van der Waals surface area contributed by atoms with Crippen LogP contribution in [0.1, 0.15) is 45.2 Å². The van der Waals surface area contributed by atoms with E-state index in [2.05, 4.69) is 29.8 Å². The Morgan fingerprint density at radius 2 is 1.94 bits per heavy atom. The SMILES string of the molecule is CCC(CC)Oc1ccc(Br)cc1[C@@H](C)N. The molecule has 0 aliphatic carbocycles. The summed E-state index contributed by atoms with van der Waals surface area (Å²) in [6.07, 6.45) is 2.31. The molecule has 1 aromatic rings. The first-order valence-corrected chi connectivity index (χ1v) is 6.59. The zero-order valence-electron chi connectivity index (χ0n) is 10.2. The van der Waals surface area contributed by atoms with Crippen molar-refractivity contribution in [3.8, 4) is 5.75 Å². The van der Waals surface area contributed by atoms with Gasteiger partial charge in [-0.05, 0) is 38.0 Å². The molecule has 0 aliphatic heterocycles. The molecule has 0 amide bonds. The van der Waals surface area contributed by atoms with Crippen molar-refractivity contribution in [1.82, 2.24) is 0 Å². The molecule has 3 heteroatoms. The summed E-state index contributed by atoms with van der Waals surface area (Å²) in [5.41, 5.74) is 7.00.